The van der Waals surface area contributed by atoms with E-state index in [2.05, 4.69) is 5.32 Å². The second-order valence-electron chi connectivity index (χ2n) is 7.97. The number of hydrogen-bond donors (Lipinski definition) is 1. The van der Waals surface area contributed by atoms with Crippen LogP contribution in [0.2, 0.25) is 0 Å². The minimum absolute atomic E-state index is 0.0498. The van der Waals surface area contributed by atoms with Gasteiger partial charge in [0, 0.05) is 24.6 Å². The van der Waals surface area contributed by atoms with Gasteiger partial charge in [0.2, 0.25) is 5.91 Å². The summed E-state index contributed by atoms with van der Waals surface area (Å²) in [5, 5.41) is 2.78. The van der Waals surface area contributed by atoms with Crippen LogP contribution >= 0.6 is 0 Å². The molecular weight excluding hydrogens is 410 g/mol. The first kappa shape index (κ1) is 20.6. The molecule has 3 aliphatic rings. The van der Waals surface area contributed by atoms with Gasteiger partial charge in [-0.1, -0.05) is 25.1 Å². The van der Waals surface area contributed by atoms with Crippen LogP contribution in [0.1, 0.15) is 31.7 Å². The van der Waals surface area contributed by atoms with Crippen LogP contribution in [-0.2, 0) is 25.0 Å². The highest BCUT2D eigenvalue weighted by molar-refractivity contribution is 7.91. The lowest BCUT2D eigenvalue weighted by molar-refractivity contribution is -0.140. The molecule has 2 fully saturated rings. The smallest absolute Gasteiger partial charge is 0.325 e. The summed E-state index contributed by atoms with van der Waals surface area (Å²) in [6.07, 6.45) is 1.30. The number of carbonyl (C=O) groups is 3. The molecule has 0 unspecified atom stereocenters. The Morgan fingerprint density at radius 1 is 1.33 bits per heavy atom. The van der Waals surface area contributed by atoms with E-state index < -0.39 is 45.8 Å². The number of fused-ring (bicyclic) bond motifs is 2. The van der Waals surface area contributed by atoms with Gasteiger partial charge in [0.15, 0.2) is 15.4 Å². The van der Waals surface area contributed by atoms with Crippen molar-refractivity contribution in [2.45, 2.75) is 37.8 Å². The Balaban J connectivity index is 1.56. The van der Waals surface area contributed by atoms with Gasteiger partial charge in [-0.2, -0.15) is 0 Å². The van der Waals surface area contributed by atoms with Crippen LogP contribution in [0.15, 0.2) is 24.3 Å². The Morgan fingerprint density at radius 3 is 2.80 bits per heavy atom. The third kappa shape index (κ3) is 3.42. The van der Waals surface area contributed by atoms with E-state index in [9.17, 15) is 22.8 Å². The molecule has 9 nitrogen and oxygen atoms in total. The van der Waals surface area contributed by atoms with Gasteiger partial charge in [0.25, 0.3) is 5.91 Å². The number of para-hydroxylation sites is 1. The third-order valence-electron chi connectivity index (χ3n) is 5.98. The van der Waals surface area contributed by atoms with Gasteiger partial charge in [0.05, 0.1) is 18.1 Å². The summed E-state index contributed by atoms with van der Waals surface area (Å²) < 4.78 is 29.3. The maximum atomic E-state index is 13.3. The SMILES string of the molecule is CCCN(C(=O)CN1C(=O)N[C@]2(CCOc3ccccc32)C1=O)[C@H]1CCS(=O)(=O)C1. The van der Waals surface area contributed by atoms with Gasteiger partial charge < -0.3 is 15.0 Å². The van der Waals surface area contributed by atoms with Crippen molar-refractivity contribution in [3.8, 4) is 5.75 Å². The first-order chi connectivity index (χ1) is 14.3. The molecule has 1 N–H and O–H groups in total. The second-order valence-corrected chi connectivity index (χ2v) is 10.2. The summed E-state index contributed by atoms with van der Waals surface area (Å²) in [5.74, 6) is -0.386. The zero-order valence-corrected chi connectivity index (χ0v) is 17.6. The number of carbonyl (C=O) groups excluding carboxylic acids is 3. The fourth-order valence-electron chi connectivity index (χ4n) is 4.51. The monoisotopic (exact) mass is 435 g/mol. The number of imide groups is 1. The molecule has 30 heavy (non-hydrogen) atoms. The molecule has 0 saturated carbocycles. The van der Waals surface area contributed by atoms with Crippen molar-refractivity contribution >= 4 is 27.7 Å². The number of nitrogens with zero attached hydrogens (tertiary/aromatic N) is 2. The fourth-order valence-corrected chi connectivity index (χ4v) is 6.25. The summed E-state index contributed by atoms with van der Waals surface area (Å²) in [6, 6.07) is 6.00. The predicted molar refractivity (Wildman–Crippen MR) is 108 cm³/mol. The first-order valence-corrected chi connectivity index (χ1v) is 12.0. The van der Waals surface area contributed by atoms with Crippen LogP contribution in [0.25, 0.3) is 0 Å². The zero-order valence-electron chi connectivity index (χ0n) is 16.8. The molecule has 0 aliphatic carbocycles. The van der Waals surface area contributed by atoms with E-state index in [-0.39, 0.29) is 24.5 Å². The zero-order chi connectivity index (χ0) is 21.5. The highest BCUT2D eigenvalue weighted by atomic mass is 32.2. The van der Waals surface area contributed by atoms with E-state index in [1.165, 1.54) is 4.90 Å². The molecule has 4 amide bonds. The van der Waals surface area contributed by atoms with Crippen LogP contribution in [0.3, 0.4) is 0 Å². The number of amides is 4. The quantitative estimate of drug-likeness (QED) is 0.679. The van der Waals surface area contributed by atoms with Crippen molar-refractivity contribution in [1.82, 2.24) is 15.1 Å². The number of rotatable bonds is 5. The van der Waals surface area contributed by atoms with Gasteiger partial charge in [0.1, 0.15) is 12.3 Å². The Labute approximate surface area is 175 Å². The average molecular weight is 436 g/mol. The molecule has 1 aromatic rings. The normalized spacial score (nSPS) is 27.0. The van der Waals surface area contributed by atoms with Crippen molar-refractivity contribution in [3.05, 3.63) is 29.8 Å². The summed E-state index contributed by atoms with van der Waals surface area (Å²) in [5.41, 5.74) is -0.657. The molecule has 1 aromatic carbocycles. The number of ether oxygens (including phenoxy) is 1. The van der Waals surface area contributed by atoms with Crippen molar-refractivity contribution in [2.75, 3.05) is 31.2 Å². The van der Waals surface area contributed by atoms with Crippen LogP contribution in [0.4, 0.5) is 4.79 Å². The number of sulfone groups is 1. The highest BCUT2D eigenvalue weighted by Gasteiger charge is 2.55. The van der Waals surface area contributed by atoms with Crippen LogP contribution in [-0.4, -0.2) is 73.3 Å². The van der Waals surface area contributed by atoms with E-state index >= 15 is 0 Å². The Kier molecular flexibility index (Phi) is 5.21. The lowest BCUT2D eigenvalue weighted by Gasteiger charge is -2.33. The lowest BCUT2D eigenvalue weighted by Crippen LogP contribution is -2.49. The molecule has 3 heterocycles. The predicted octanol–water partition coefficient (Wildman–Crippen LogP) is 0.642. The van der Waals surface area contributed by atoms with Gasteiger partial charge in [-0.15, -0.1) is 0 Å². The first-order valence-electron chi connectivity index (χ1n) is 10.1. The van der Waals surface area contributed by atoms with Crippen molar-refractivity contribution in [3.63, 3.8) is 0 Å². The van der Waals surface area contributed by atoms with Gasteiger partial charge >= 0.3 is 6.03 Å². The average Bonchev–Trinajstić information content (AvgIpc) is 3.18. The molecule has 2 saturated heterocycles. The molecule has 3 aliphatic heterocycles. The largest absolute Gasteiger partial charge is 0.493 e. The highest BCUT2D eigenvalue weighted by Crippen LogP contribution is 2.41. The second kappa shape index (κ2) is 7.57. The molecule has 1 spiro atoms. The number of hydrogen-bond acceptors (Lipinski definition) is 6. The van der Waals surface area contributed by atoms with Gasteiger partial charge in [-0.3, -0.25) is 14.5 Å². The molecule has 10 heteroatoms. The van der Waals surface area contributed by atoms with Crippen LogP contribution < -0.4 is 10.1 Å². The standard InChI is InChI=1S/C20H25N3O6S/c1-2-9-22(14-7-11-30(27,28)13-14)17(24)12-23-18(25)20(21-19(23)26)8-10-29-16-6-4-3-5-15(16)20/h3-6,14H,2,7-13H2,1H3,(H,21,26)/t14-,20-/m0/s1. The maximum Gasteiger partial charge on any atom is 0.325 e. The Morgan fingerprint density at radius 2 is 2.10 bits per heavy atom. The van der Waals surface area contributed by atoms with Crippen molar-refractivity contribution in [2.24, 2.45) is 0 Å². The number of benzene rings is 1. The molecule has 4 rings (SSSR count). The number of nitrogens with one attached hydrogen (secondary N) is 1. The lowest BCUT2D eigenvalue weighted by atomic mass is 9.84. The van der Waals surface area contributed by atoms with Gasteiger partial charge in [-0.25, -0.2) is 13.2 Å². The minimum Gasteiger partial charge on any atom is -0.493 e. The third-order valence-corrected chi connectivity index (χ3v) is 7.73. The summed E-state index contributed by atoms with van der Waals surface area (Å²) in [6.45, 7) is 2.13. The van der Waals surface area contributed by atoms with Gasteiger partial charge in [-0.05, 0) is 18.9 Å². The summed E-state index contributed by atoms with van der Waals surface area (Å²) in [4.78, 5) is 41.5. The fraction of sp³-hybridized carbons (Fsp3) is 0.550. The van der Waals surface area contributed by atoms with Crippen molar-refractivity contribution < 1.29 is 27.5 Å². The number of urea groups is 1. The van der Waals surface area contributed by atoms with E-state index in [1.54, 1.807) is 24.3 Å². The van der Waals surface area contributed by atoms with E-state index in [0.717, 1.165) is 4.90 Å². The molecule has 162 valence electrons. The summed E-state index contributed by atoms with van der Waals surface area (Å²) >= 11 is 0. The summed E-state index contributed by atoms with van der Waals surface area (Å²) in [7, 11) is -3.16. The molecule has 0 aromatic heterocycles. The topological polar surface area (TPSA) is 113 Å². The minimum atomic E-state index is -3.16. The van der Waals surface area contributed by atoms with Crippen LogP contribution in [0, 0.1) is 0 Å². The van der Waals surface area contributed by atoms with E-state index in [1.807, 2.05) is 6.92 Å². The van der Waals surface area contributed by atoms with E-state index in [4.69, 9.17) is 4.74 Å². The molecule has 0 bridgehead atoms. The Hall–Kier alpha value is -2.62. The molecule has 2 atom stereocenters. The van der Waals surface area contributed by atoms with Crippen LogP contribution in [0.5, 0.6) is 5.75 Å². The molecular formula is C20H25N3O6S. The van der Waals surface area contributed by atoms with Crippen molar-refractivity contribution in [1.29, 1.82) is 0 Å². The maximum absolute atomic E-state index is 13.3. The Bertz CT molecular complexity index is 994. The molecule has 0 radical (unpaired) electrons. The van der Waals surface area contributed by atoms with E-state index in [0.29, 0.717) is 30.7 Å².